The highest BCUT2D eigenvalue weighted by Crippen LogP contribution is 2.32. The van der Waals surface area contributed by atoms with Crippen LogP contribution in [0.2, 0.25) is 0 Å². The summed E-state index contributed by atoms with van der Waals surface area (Å²) in [6, 6.07) is 12.9. The molecule has 1 aromatic carbocycles. The minimum atomic E-state index is 0.133. The zero-order valence-corrected chi connectivity index (χ0v) is 12.1. The highest BCUT2D eigenvalue weighted by molar-refractivity contribution is 5.40. The molecule has 0 saturated carbocycles. The predicted molar refractivity (Wildman–Crippen MR) is 80.3 cm³/mol. The van der Waals surface area contributed by atoms with Gasteiger partial charge in [-0.05, 0) is 35.2 Å². The third-order valence-corrected chi connectivity index (χ3v) is 3.39. The standard InChI is InChI=1S/C17H22N2/c1-17(2,3)15-10-6-5-9-14(15)16(18-4)13-8-7-11-19-12-13/h5-12,16,18H,1-4H3. The summed E-state index contributed by atoms with van der Waals surface area (Å²) in [7, 11) is 2.00. The Bertz CT molecular complexity index is 526. The molecular formula is C17H22N2. The Morgan fingerprint density at radius 2 is 1.79 bits per heavy atom. The van der Waals surface area contributed by atoms with Crippen molar-refractivity contribution in [3.8, 4) is 0 Å². The maximum atomic E-state index is 4.23. The molecule has 1 heterocycles. The van der Waals surface area contributed by atoms with Gasteiger partial charge in [-0.3, -0.25) is 4.98 Å². The lowest BCUT2D eigenvalue weighted by Gasteiger charge is -2.27. The molecule has 100 valence electrons. The van der Waals surface area contributed by atoms with Crippen molar-refractivity contribution in [2.45, 2.75) is 32.2 Å². The second-order valence-corrected chi connectivity index (χ2v) is 5.85. The summed E-state index contributed by atoms with van der Waals surface area (Å²) in [6.45, 7) is 6.76. The average Bonchev–Trinajstić information content (AvgIpc) is 2.40. The lowest BCUT2D eigenvalue weighted by molar-refractivity contribution is 0.566. The molecular weight excluding hydrogens is 232 g/mol. The molecule has 0 aliphatic rings. The van der Waals surface area contributed by atoms with Crippen molar-refractivity contribution >= 4 is 0 Å². The Kier molecular flexibility index (Phi) is 4.01. The van der Waals surface area contributed by atoms with Crippen molar-refractivity contribution in [3.63, 3.8) is 0 Å². The van der Waals surface area contributed by atoms with Gasteiger partial charge in [0.25, 0.3) is 0 Å². The van der Waals surface area contributed by atoms with Gasteiger partial charge in [-0.2, -0.15) is 0 Å². The van der Waals surface area contributed by atoms with Crippen molar-refractivity contribution in [1.29, 1.82) is 0 Å². The molecule has 0 aliphatic heterocycles. The molecule has 2 nitrogen and oxygen atoms in total. The summed E-state index contributed by atoms with van der Waals surface area (Å²) < 4.78 is 0. The Morgan fingerprint density at radius 3 is 2.37 bits per heavy atom. The second-order valence-electron chi connectivity index (χ2n) is 5.85. The van der Waals surface area contributed by atoms with Crippen LogP contribution in [0.1, 0.15) is 43.5 Å². The van der Waals surface area contributed by atoms with Crippen LogP contribution in [0.15, 0.2) is 48.8 Å². The second kappa shape index (κ2) is 5.54. The third kappa shape index (κ3) is 3.02. The van der Waals surface area contributed by atoms with Gasteiger partial charge in [-0.15, -0.1) is 0 Å². The number of hydrogen-bond acceptors (Lipinski definition) is 2. The maximum absolute atomic E-state index is 4.23. The predicted octanol–water partition coefficient (Wildman–Crippen LogP) is 3.69. The molecule has 0 spiro atoms. The monoisotopic (exact) mass is 254 g/mol. The lowest BCUT2D eigenvalue weighted by Crippen LogP contribution is -2.23. The normalized spacial score (nSPS) is 13.3. The Balaban J connectivity index is 2.51. The van der Waals surface area contributed by atoms with Crippen LogP contribution in [0.5, 0.6) is 0 Å². The van der Waals surface area contributed by atoms with E-state index in [1.165, 1.54) is 16.7 Å². The van der Waals surface area contributed by atoms with Gasteiger partial charge in [-0.1, -0.05) is 51.1 Å². The quantitative estimate of drug-likeness (QED) is 0.903. The number of nitrogens with zero attached hydrogens (tertiary/aromatic N) is 1. The molecule has 0 aliphatic carbocycles. The van der Waals surface area contributed by atoms with E-state index in [9.17, 15) is 0 Å². The van der Waals surface area contributed by atoms with Gasteiger partial charge in [0.2, 0.25) is 0 Å². The molecule has 0 radical (unpaired) electrons. The molecule has 1 atom stereocenters. The van der Waals surface area contributed by atoms with Gasteiger partial charge in [0.05, 0.1) is 6.04 Å². The van der Waals surface area contributed by atoms with Crippen LogP contribution < -0.4 is 5.32 Å². The van der Waals surface area contributed by atoms with Gasteiger partial charge in [0.1, 0.15) is 0 Å². The fourth-order valence-electron chi connectivity index (χ4n) is 2.48. The topological polar surface area (TPSA) is 24.9 Å². The zero-order chi connectivity index (χ0) is 13.9. The molecule has 1 unspecified atom stereocenters. The third-order valence-electron chi connectivity index (χ3n) is 3.39. The van der Waals surface area contributed by atoms with Crippen LogP contribution in [0.4, 0.5) is 0 Å². The van der Waals surface area contributed by atoms with E-state index in [0.29, 0.717) is 0 Å². The summed E-state index contributed by atoms with van der Waals surface area (Å²) in [5.74, 6) is 0. The average molecular weight is 254 g/mol. The molecule has 1 N–H and O–H groups in total. The SMILES string of the molecule is CNC(c1cccnc1)c1ccccc1C(C)(C)C. The summed E-state index contributed by atoms with van der Waals surface area (Å²) >= 11 is 0. The van der Waals surface area contributed by atoms with Crippen molar-refractivity contribution < 1.29 is 0 Å². The van der Waals surface area contributed by atoms with E-state index >= 15 is 0 Å². The first kappa shape index (κ1) is 13.8. The summed E-state index contributed by atoms with van der Waals surface area (Å²) in [4.78, 5) is 4.23. The van der Waals surface area contributed by atoms with Crippen LogP contribution in [0.25, 0.3) is 0 Å². The minimum absolute atomic E-state index is 0.133. The minimum Gasteiger partial charge on any atom is -0.309 e. The van der Waals surface area contributed by atoms with E-state index in [1.807, 2.05) is 25.5 Å². The van der Waals surface area contributed by atoms with Gasteiger partial charge in [-0.25, -0.2) is 0 Å². The van der Waals surface area contributed by atoms with Crippen LogP contribution in [-0.4, -0.2) is 12.0 Å². The first-order valence-corrected chi connectivity index (χ1v) is 6.70. The van der Waals surface area contributed by atoms with E-state index in [2.05, 4.69) is 61.4 Å². The van der Waals surface area contributed by atoms with Crippen LogP contribution in [-0.2, 0) is 5.41 Å². The van der Waals surface area contributed by atoms with Crippen molar-refractivity contribution in [2.75, 3.05) is 7.05 Å². The number of nitrogens with one attached hydrogen (secondary N) is 1. The number of pyridine rings is 1. The zero-order valence-electron chi connectivity index (χ0n) is 12.1. The summed E-state index contributed by atoms with van der Waals surface area (Å²) in [6.07, 6.45) is 3.74. The summed E-state index contributed by atoms with van der Waals surface area (Å²) in [5.41, 5.74) is 4.03. The number of hydrogen-bond donors (Lipinski definition) is 1. The van der Waals surface area contributed by atoms with E-state index in [-0.39, 0.29) is 11.5 Å². The first-order valence-electron chi connectivity index (χ1n) is 6.70. The highest BCUT2D eigenvalue weighted by Gasteiger charge is 2.22. The molecule has 2 rings (SSSR count). The number of benzene rings is 1. The molecule has 2 heteroatoms. The van der Waals surface area contributed by atoms with Gasteiger partial charge in [0.15, 0.2) is 0 Å². The summed E-state index contributed by atoms with van der Waals surface area (Å²) in [5, 5.41) is 3.41. The van der Waals surface area contributed by atoms with Crippen LogP contribution in [0.3, 0.4) is 0 Å². The van der Waals surface area contributed by atoms with Crippen molar-refractivity contribution in [3.05, 3.63) is 65.5 Å². The largest absolute Gasteiger partial charge is 0.309 e. The molecule has 1 aromatic heterocycles. The van der Waals surface area contributed by atoms with Crippen molar-refractivity contribution in [2.24, 2.45) is 0 Å². The van der Waals surface area contributed by atoms with Gasteiger partial charge in [0, 0.05) is 12.4 Å². The van der Waals surface area contributed by atoms with Crippen LogP contribution >= 0.6 is 0 Å². The van der Waals surface area contributed by atoms with Gasteiger partial charge < -0.3 is 5.32 Å². The smallest absolute Gasteiger partial charge is 0.0592 e. The molecule has 0 saturated heterocycles. The van der Waals surface area contributed by atoms with E-state index < -0.39 is 0 Å². The Hall–Kier alpha value is -1.67. The first-order chi connectivity index (χ1) is 9.04. The fraction of sp³-hybridized carbons (Fsp3) is 0.353. The van der Waals surface area contributed by atoms with E-state index in [4.69, 9.17) is 0 Å². The number of rotatable bonds is 3. The van der Waals surface area contributed by atoms with Crippen LogP contribution in [0, 0.1) is 0 Å². The molecule has 0 bridgehead atoms. The van der Waals surface area contributed by atoms with Gasteiger partial charge >= 0.3 is 0 Å². The maximum Gasteiger partial charge on any atom is 0.0592 e. The van der Waals surface area contributed by atoms with Crippen molar-refractivity contribution in [1.82, 2.24) is 10.3 Å². The highest BCUT2D eigenvalue weighted by atomic mass is 14.9. The molecule has 0 amide bonds. The lowest BCUT2D eigenvalue weighted by atomic mass is 9.81. The van der Waals surface area contributed by atoms with E-state index in [1.54, 1.807) is 0 Å². The Morgan fingerprint density at radius 1 is 1.05 bits per heavy atom. The molecule has 0 fully saturated rings. The Labute approximate surface area is 115 Å². The number of aromatic nitrogens is 1. The molecule has 19 heavy (non-hydrogen) atoms. The molecule has 2 aromatic rings. The van der Waals surface area contributed by atoms with E-state index in [0.717, 1.165) is 0 Å². The fourth-order valence-corrected chi connectivity index (χ4v) is 2.48.